The number of nitrogens with two attached hydrogens (primary N) is 1. The lowest BCUT2D eigenvalue weighted by atomic mass is 10.0. The Morgan fingerprint density at radius 3 is 3.00 bits per heavy atom. The molecule has 2 aliphatic rings. The van der Waals surface area contributed by atoms with Crippen molar-refractivity contribution in [2.75, 3.05) is 19.4 Å². The van der Waals surface area contributed by atoms with Gasteiger partial charge in [0.05, 0.1) is 18.6 Å². The molecule has 3 N–H and O–H groups in total. The van der Waals surface area contributed by atoms with Crippen molar-refractivity contribution in [3.63, 3.8) is 0 Å². The lowest BCUT2D eigenvalue weighted by Crippen LogP contribution is -2.37. The standard InChI is InChI=1S/C13H19N6O4P/c1-6-10-8(4-21-24(20,15-3)23-10)22-12(6)19-5-16-9-7(2)17-13(14)18-11(9)19/h5-6,8,10,12H,4H2,1-3H3,(H,15,20)(H2,14,17,18)/t6?,8-,10+,12-,24?/m1/s1. The summed E-state index contributed by atoms with van der Waals surface area (Å²) in [5.41, 5.74) is 7.75. The maximum Gasteiger partial charge on any atom is 0.405 e. The van der Waals surface area contributed by atoms with Gasteiger partial charge in [-0.15, -0.1) is 0 Å². The molecule has 4 heterocycles. The van der Waals surface area contributed by atoms with Crippen molar-refractivity contribution in [1.29, 1.82) is 0 Å². The van der Waals surface area contributed by atoms with Crippen molar-refractivity contribution in [2.45, 2.75) is 32.3 Å². The molecule has 0 aliphatic carbocycles. The molecule has 5 atom stereocenters. The molecule has 2 aromatic heterocycles. The number of aryl methyl sites for hydroxylation is 1. The van der Waals surface area contributed by atoms with Gasteiger partial charge in [0.25, 0.3) is 0 Å². The maximum atomic E-state index is 12.3. The number of hydrogen-bond donors (Lipinski definition) is 2. The summed E-state index contributed by atoms with van der Waals surface area (Å²) in [6, 6.07) is 0. The number of nitrogens with one attached hydrogen (secondary N) is 1. The van der Waals surface area contributed by atoms with Crippen molar-refractivity contribution in [2.24, 2.45) is 5.92 Å². The van der Waals surface area contributed by atoms with E-state index in [1.54, 1.807) is 13.4 Å². The molecule has 0 saturated carbocycles. The third-order valence-corrected chi connectivity index (χ3v) is 6.04. The topological polar surface area (TPSA) is 126 Å². The van der Waals surface area contributed by atoms with Crippen LogP contribution in [0.3, 0.4) is 0 Å². The Hall–Kier alpha value is -1.58. The minimum Gasteiger partial charge on any atom is -0.368 e. The van der Waals surface area contributed by atoms with E-state index >= 15 is 0 Å². The second-order valence-corrected chi connectivity index (χ2v) is 7.91. The number of nitrogens with zero attached hydrogens (tertiary/aromatic N) is 4. The smallest absolute Gasteiger partial charge is 0.368 e. The van der Waals surface area contributed by atoms with Gasteiger partial charge in [0, 0.05) is 5.92 Å². The molecule has 2 saturated heterocycles. The van der Waals surface area contributed by atoms with Crippen LogP contribution in [0.1, 0.15) is 18.8 Å². The Morgan fingerprint density at radius 1 is 1.46 bits per heavy atom. The molecule has 2 aromatic rings. The third-order valence-electron chi connectivity index (χ3n) is 4.48. The van der Waals surface area contributed by atoms with Gasteiger partial charge in [-0.3, -0.25) is 13.6 Å². The molecule has 0 amide bonds. The molecule has 0 aromatic carbocycles. The lowest BCUT2D eigenvalue weighted by molar-refractivity contribution is -0.0581. The van der Waals surface area contributed by atoms with Crippen molar-refractivity contribution < 1.29 is 18.3 Å². The largest absolute Gasteiger partial charge is 0.405 e. The number of hydrogen-bond acceptors (Lipinski definition) is 8. The van der Waals surface area contributed by atoms with Gasteiger partial charge in [0.15, 0.2) is 5.65 Å². The van der Waals surface area contributed by atoms with E-state index in [0.29, 0.717) is 16.9 Å². The summed E-state index contributed by atoms with van der Waals surface area (Å²) in [7, 11) is -1.72. The first kappa shape index (κ1) is 15.9. The van der Waals surface area contributed by atoms with E-state index in [2.05, 4.69) is 20.0 Å². The fraction of sp³-hybridized carbons (Fsp3) is 0.615. The zero-order valence-corrected chi connectivity index (χ0v) is 14.4. The first-order valence-electron chi connectivity index (χ1n) is 7.66. The van der Waals surface area contributed by atoms with Crippen LogP contribution in [0.2, 0.25) is 0 Å². The minimum absolute atomic E-state index is 0.0746. The molecular weight excluding hydrogens is 335 g/mol. The summed E-state index contributed by atoms with van der Waals surface area (Å²) >= 11 is 0. The Balaban J connectivity index is 1.70. The molecule has 2 fully saturated rings. The number of ether oxygens (including phenoxy) is 1. The van der Waals surface area contributed by atoms with E-state index in [1.807, 2.05) is 18.4 Å². The van der Waals surface area contributed by atoms with Crippen molar-refractivity contribution in [3.8, 4) is 0 Å². The Bertz CT molecular complexity index is 841. The first-order chi connectivity index (χ1) is 11.4. The van der Waals surface area contributed by atoms with E-state index in [-0.39, 0.29) is 36.9 Å². The fourth-order valence-electron chi connectivity index (χ4n) is 3.24. The van der Waals surface area contributed by atoms with Crippen molar-refractivity contribution in [1.82, 2.24) is 24.6 Å². The minimum atomic E-state index is -3.27. The van der Waals surface area contributed by atoms with Gasteiger partial charge >= 0.3 is 7.75 Å². The highest BCUT2D eigenvalue weighted by atomic mass is 31.2. The number of aromatic nitrogens is 4. The van der Waals surface area contributed by atoms with Gasteiger partial charge in [-0.1, -0.05) is 6.92 Å². The van der Waals surface area contributed by atoms with Crippen LogP contribution >= 0.6 is 7.75 Å². The van der Waals surface area contributed by atoms with Crippen molar-refractivity contribution >= 4 is 24.9 Å². The van der Waals surface area contributed by atoms with E-state index < -0.39 is 7.75 Å². The van der Waals surface area contributed by atoms with Crippen LogP contribution in [0.25, 0.3) is 11.2 Å². The molecule has 130 valence electrons. The van der Waals surface area contributed by atoms with Gasteiger partial charge in [-0.2, -0.15) is 4.98 Å². The van der Waals surface area contributed by atoms with Crippen LogP contribution in [0.4, 0.5) is 5.95 Å². The Labute approximate surface area is 138 Å². The summed E-state index contributed by atoms with van der Waals surface area (Å²) in [6.07, 6.45) is 0.631. The number of nitrogen functional groups attached to an aromatic ring is 1. The Morgan fingerprint density at radius 2 is 2.25 bits per heavy atom. The highest BCUT2D eigenvalue weighted by Gasteiger charge is 2.51. The van der Waals surface area contributed by atoms with Crippen molar-refractivity contribution in [3.05, 3.63) is 12.0 Å². The van der Waals surface area contributed by atoms with E-state index in [0.717, 1.165) is 0 Å². The fourth-order valence-corrected chi connectivity index (χ4v) is 4.53. The molecule has 11 heteroatoms. The third kappa shape index (κ3) is 2.34. The van der Waals surface area contributed by atoms with Gasteiger partial charge in [-0.25, -0.2) is 19.6 Å². The number of fused-ring (bicyclic) bond motifs is 2. The average molecular weight is 354 g/mol. The second-order valence-electron chi connectivity index (χ2n) is 6.00. The predicted molar refractivity (Wildman–Crippen MR) is 85.0 cm³/mol. The number of imidazole rings is 1. The van der Waals surface area contributed by atoms with Crippen LogP contribution in [-0.4, -0.2) is 45.4 Å². The second kappa shape index (κ2) is 5.47. The quantitative estimate of drug-likeness (QED) is 0.759. The van der Waals surface area contributed by atoms with Crippen LogP contribution in [0.15, 0.2) is 6.33 Å². The predicted octanol–water partition coefficient (Wildman–Crippen LogP) is 0.993. The van der Waals surface area contributed by atoms with Crippen LogP contribution in [0, 0.1) is 12.8 Å². The van der Waals surface area contributed by atoms with Gasteiger partial charge in [0.2, 0.25) is 5.95 Å². The van der Waals surface area contributed by atoms with Crippen LogP contribution in [-0.2, 0) is 18.3 Å². The average Bonchev–Trinajstić information content (AvgIpc) is 3.09. The summed E-state index contributed by atoms with van der Waals surface area (Å²) in [6.45, 7) is 4.01. The van der Waals surface area contributed by atoms with Gasteiger partial charge < -0.3 is 10.5 Å². The van der Waals surface area contributed by atoms with E-state index in [1.165, 1.54) is 0 Å². The van der Waals surface area contributed by atoms with E-state index in [4.69, 9.17) is 19.5 Å². The zero-order chi connectivity index (χ0) is 17.1. The van der Waals surface area contributed by atoms with Crippen LogP contribution in [0.5, 0.6) is 0 Å². The molecule has 10 nitrogen and oxygen atoms in total. The molecule has 0 bridgehead atoms. The molecule has 2 unspecified atom stereocenters. The monoisotopic (exact) mass is 354 g/mol. The molecule has 4 rings (SSSR count). The van der Waals surface area contributed by atoms with Crippen LogP contribution < -0.4 is 10.8 Å². The van der Waals surface area contributed by atoms with Gasteiger partial charge in [0.1, 0.15) is 24.0 Å². The lowest BCUT2D eigenvalue weighted by Gasteiger charge is -2.31. The Kier molecular flexibility index (Phi) is 3.63. The highest BCUT2D eigenvalue weighted by Crippen LogP contribution is 2.54. The maximum absolute atomic E-state index is 12.3. The molecule has 24 heavy (non-hydrogen) atoms. The molecule has 0 spiro atoms. The highest BCUT2D eigenvalue weighted by molar-refractivity contribution is 7.51. The number of anilines is 1. The zero-order valence-electron chi connectivity index (χ0n) is 13.5. The molecular formula is C13H19N6O4P. The SMILES string of the molecule is CNP1(=O)OC[C@H]2O[C@@H](n3cnc4c(C)nc(N)nc43)C(C)[C@@H]2O1. The summed E-state index contributed by atoms with van der Waals surface area (Å²) in [4.78, 5) is 12.8. The first-order valence-corrected chi connectivity index (χ1v) is 9.20. The normalized spacial score (nSPS) is 36.1. The molecule has 2 aliphatic heterocycles. The van der Waals surface area contributed by atoms with Gasteiger partial charge in [-0.05, 0) is 14.0 Å². The number of rotatable bonds is 2. The summed E-state index contributed by atoms with van der Waals surface area (Å²) in [5.74, 6) is 0.110. The summed E-state index contributed by atoms with van der Waals surface area (Å²) in [5, 5.41) is 2.61. The van der Waals surface area contributed by atoms with E-state index in [9.17, 15) is 4.57 Å². The molecule has 0 radical (unpaired) electrons. The summed E-state index contributed by atoms with van der Waals surface area (Å²) < 4.78 is 31.2.